The third-order valence-electron chi connectivity index (χ3n) is 6.51. The van der Waals surface area contributed by atoms with Crippen molar-refractivity contribution in [3.05, 3.63) is 58.6 Å². The smallest absolute Gasteiger partial charge is 0.246 e. The first-order valence-electron chi connectivity index (χ1n) is 11.0. The summed E-state index contributed by atoms with van der Waals surface area (Å²) in [5, 5.41) is 3.42. The molecule has 1 aliphatic carbocycles. The van der Waals surface area contributed by atoms with E-state index in [1.807, 2.05) is 30.8 Å². The van der Waals surface area contributed by atoms with Gasteiger partial charge in [0.25, 0.3) is 0 Å². The van der Waals surface area contributed by atoms with Crippen molar-refractivity contribution in [2.75, 3.05) is 29.9 Å². The summed E-state index contributed by atoms with van der Waals surface area (Å²) >= 11 is 7.93. The first-order chi connectivity index (χ1) is 15.3. The number of aryl methyl sites for hydroxylation is 1. The zero-order valence-electron chi connectivity index (χ0n) is 18.3. The summed E-state index contributed by atoms with van der Waals surface area (Å²) < 4.78 is 25.7. The molecular weight excluding hydrogens is 464 g/mol. The predicted octanol–water partition coefficient (Wildman–Crippen LogP) is 4.92. The van der Waals surface area contributed by atoms with Gasteiger partial charge in [0.1, 0.15) is 0 Å². The monoisotopic (exact) mass is 492 g/mol. The molecule has 1 saturated carbocycles. The summed E-state index contributed by atoms with van der Waals surface area (Å²) in [6, 6.07) is 12.1. The number of halogens is 1. The first kappa shape index (κ1) is 23.6. The van der Waals surface area contributed by atoms with Gasteiger partial charge in [-0.3, -0.25) is 9.69 Å². The maximum Gasteiger partial charge on any atom is 0.246 e. The van der Waals surface area contributed by atoms with E-state index in [1.54, 1.807) is 12.1 Å². The zero-order valence-corrected chi connectivity index (χ0v) is 20.7. The third-order valence-corrected chi connectivity index (χ3v) is 10.2. The summed E-state index contributed by atoms with van der Waals surface area (Å²) in [4.78, 5) is 16.0. The average molecular weight is 493 g/mol. The number of anilines is 1. The molecule has 4 rings (SSSR count). The van der Waals surface area contributed by atoms with Gasteiger partial charge in [-0.2, -0.15) is 11.8 Å². The van der Waals surface area contributed by atoms with E-state index in [-0.39, 0.29) is 4.90 Å². The second-order valence-electron chi connectivity index (χ2n) is 8.65. The van der Waals surface area contributed by atoms with Gasteiger partial charge < -0.3 is 5.32 Å². The van der Waals surface area contributed by atoms with Crippen molar-refractivity contribution < 1.29 is 13.2 Å². The lowest BCUT2D eigenvalue weighted by Gasteiger charge is -2.28. The first-order valence-corrected chi connectivity index (χ1v) is 14.0. The molecule has 1 N–H and O–H groups in total. The van der Waals surface area contributed by atoms with Crippen LogP contribution in [0.2, 0.25) is 5.02 Å². The largest absolute Gasteiger partial charge is 0.324 e. The Hall–Kier alpha value is -1.54. The van der Waals surface area contributed by atoms with Gasteiger partial charge in [-0.15, -0.1) is 0 Å². The topological polar surface area (TPSA) is 66.5 Å². The van der Waals surface area contributed by atoms with Crippen LogP contribution in [0.3, 0.4) is 0 Å². The molecule has 2 aromatic carbocycles. The fourth-order valence-corrected chi connectivity index (χ4v) is 7.79. The van der Waals surface area contributed by atoms with Crippen LogP contribution in [-0.4, -0.2) is 48.6 Å². The molecular formula is C24H29ClN2O3S2. The number of carbonyl (C=O) groups is 1. The number of sulfone groups is 1. The van der Waals surface area contributed by atoms with E-state index in [9.17, 15) is 13.2 Å². The molecule has 0 unspecified atom stereocenters. The van der Waals surface area contributed by atoms with Crippen molar-refractivity contribution in [1.29, 1.82) is 0 Å². The number of rotatable bonds is 6. The Morgan fingerprint density at radius 1 is 1.09 bits per heavy atom. The van der Waals surface area contributed by atoms with Crippen LogP contribution in [0.4, 0.5) is 5.69 Å². The van der Waals surface area contributed by atoms with Crippen molar-refractivity contribution in [2.45, 2.75) is 48.8 Å². The Kier molecular flexibility index (Phi) is 7.20. The minimum atomic E-state index is -3.86. The molecule has 2 aromatic rings. The van der Waals surface area contributed by atoms with Crippen molar-refractivity contribution in [1.82, 2.24) is 4.90 Å². The number of hydrogen-bond acceptors (Lipinski definition) is 5. The highest BCUT2D eigenvalue weighted by Crippen LogP contribution is 2.42. The molecule has 8 heteroatoms. The van der Waals surface area contributed by atoms with E-state index in [4.69, 9.17) is 11.6 Å². The minimum Gasteiger partial charge on any atom is -0.324 e. The van der Waals surface area contributed by atoms with Crippen molar-refractivity contribution in [3.8, 4) is 0 Å². The quantitative estimate of drug-likeness (QED) is 0.619. The van der Waals surface area contributed by atoms with E-state index in [2.05, 4.69) is 16.3 Å². The summed E-state index contributed by atoms with van der Waals surface area (Å²) in [5.41, 5.74) is 2.82. The minimum absolute atomic E-state index is 0.144. The molecule has 1 aliphatic heterocycles. The van der Waals surface area contributed by atoms with Crippen LogP contribution in [-0.2, 0) is 21.2 Å². The Balaban J connectivity index is 1.55. The van der Waals surface area contributed by atoms with Crippen LogP contribution < -0.4 is 5.32 Å². The molecule has 5 nitrogen and oxygen atoms in total. The van der Waals surface area contributed by atoms with Gasteiger partial charge >= 0.3 is 0 Å². The van der Waals surface area contributed by atoms with Crippen LogP contribution in [0.25, 0.3) is 0 Å². The fraction of sp³-hybridized carbons (Fsp3) is 0.458. The van der Waals surface area contributed by atoms with E-state index in [0.29, 0.717) is 36.4 Å². The van der Waals surface area contributed by atoms with E-state index in [1.165, 1.54) is 17.7 Å². The Morgan fingerprint density at radius 3 is 2.38 bits per heavy atom. The standard InChI is InChI=1S/C24H29ClN2O3S2/c1-18-16-19(17-27-12-14-31-15-13-27)4-9-22(18)26-23(28)24(10-2-3-11-24)32(29,30)21-7-5-20(25)6-8-21/h4-9,16H,2-3,10-15,17H2,1H3,(H,26,28). The fourth-order valence-electron chi connectivity index (χ4n) is 4.62. The third kappa shape index (κ3) is 4.72. The van der Waals surface area contributed by atoms with Crippen LogP contribution in [0.1, 0.15) is 36.8 Å². The summed E-state index contributed by atoms with van der Waals surface area (Å²) in [6.07, 6.45) is 2.08. The number of thioether (sulfide) groups is 1. The van der Waals surface area contributed by atoms with Crippen LogP contribution in [0.5, 0.6) is 0 Å². The zero-order chi connectivity index (χ0) is 22.8. The van der Waals surface area contributed by atoms with Crippen molar-refractivity contribution in [3.63, 3.8) is 0 Å². The SMILES string of the molecule is Cc1cc(CN2CCSCC2)ccc1NC(=O)C1(S(=O)(=O)c2ccc(Cl)cc2)CCCC1. The molecule has 0 atom stereocenters. The van der Waals surface area contributed by atoms with Gasteiger partial charge in [-0.05, 0) is 61.2 Å². The van der Waals surface area contributed by atoms with Gasteiger partial charge in [0.15, 0.2) is 14.6 Å². The van der Waals surface area contributed by atoms with Crippen LogP contribution in [0.15, 0.2) is 47.4 Å². The number of amides is 1. The van der Waals surface area contributed by atoms with Crippen LogP contribution in [0, 0.1) is 6.92 Å². The van der Waals surface area contributed by atoms with Gasteiger partial charge in [0.2, 0.25) is 5.91 Å². The number of nitrogens with zero attached hydrogens (tertiary/aromatic N) is 1. The highest BCUT2D eigenvalue weighted by Gasteiger charge is 2.53. The van der Waals surface area contributed by atoms with Gasteiger partial charge in [0.05, 0.1) is 4.90 Å². The molecule has 0 radical (unpaired) electrons. The Morgan fingerprint density at radius 2 is 1.75 bits per heavy atom. The molecule has 1 amide bonds. The van der Waals surface area contributed by atoms with Crippen molar-refractivity contribution >= 4 is 44.8 Å². The molecule has 1 heterocycles. The number of benzene rings is 2. The number of hydrogen-bond donors (Lipinski definition) is 1. The van der Waals surface area contributed by atoms with Crippen molar-refractivity contribution in [2.24, 2.45) is 0 Å². The van der Waals surface area contributed by atoms with E-state index in [0.717, 1.165) is 36.7 Å². The molecule has 0 aromatic heterocycles. The molecule has 32 heavy (non-hydrogen) atoms. The maximum atomic E-state index is 13.5. The highest BCUT2D eigenvalue weighted by molar-refractivity contribution is 7.99. The highest BCUT2D eigenvalue weighted by atomic mass is 35.5. The Labute approximate surface area is 199 Å². The van der Waals surface area contributed by atoms with Gasteiger partial charge in [-0.25, -0.2) is 8.42 Å². The molecule has 172 valence electrons. The number of carbonyl (C=O) groups excluding carboxylic acids is 1. The molecule has 0 spiro atoms. The molecule has 1 saturated heterocycles. The average Bonchev–Trinajstić information content (AvgIpc) is 3.29. The maximum absolute atomic E-state index is 13.5. The van der Waals surface area contributed by atoms with E-state index < -0.39 is 20.5 Å². The molecule has 2 fully saturated rings. The molecule has 2 aliphatic rings. The van der Waals surface area contributed by atoms with Gasteiger partial charge in [0, 0.05) is 41.8 Å². The summed E-state index contributed by atoms with van der Waals surface area (Å²) in [6.45, 7) is 5.03. The normalized spacial score (nSPS) is 19.1. The lowest BCUT2D eigenvalue weighted by atomic mass is 10.0. The van der Waals surface area contributed by atoms with Gasteiger partial charge in [-0.1, -0.05) is 36.6 Å². The second kappa shape index (κ2) is 9.75. The lowest BCUT2D eigenvalue weighted by molar-refractivity contribution is -0.118. The van der Waals surface area contributed by atoms with E-state index >= 15 is 0 Å². The summed E-state index contributed by atoms with van der Waals surface area (Å²) in [7, 11) is -3.86. The van der Waals surface area contributed by atoms with Crippen LogP contribution >= 0.6 is 23.4 Å². The predicted molar refractivity (Wildman–Crippen MR) is 132 cm³/mol. The lowest BCUT2D eigenvalue weighted by Crippen LogP contribution is -2.47. The second-order valence-corrected chi connectivity index (χ2v) is 12.6. The summed E-state index contributed by atoms with van der Waals surface area (Å²) in [5.74, 6) is 1.89. The number of nitrogens with one attached hydrogen (secondary N) is 1. The Bertz CT molecular complexity index is 1070. The molecule has 0 bridgehead atoms.